The standard InChI is InChI=1S/C113H213N27/c1-42-44-54-135(81-66-102(15,16)126-103(17,18)67-81)90-114-87(132(39)78-60-96(3,4)123-97(5,6)61-78)116-92(120-90)137(83-70-106(23,24)128-107(25,26)71-83)56-50-46-48-52-58-139(85-74-110(31,32)130-111(33,34)75-85)94-118-89(134(41)80-64-100(11,12)125-101(13,14)65-80)119-95(122-94)140(86-76-112(35,36)131-113(37,38)77-86)59-53-49-47-51-57-138(84-72-108(27,28)129-109(29,30)73-84)93-117-88(133(40)79-62-98(7,8)124-99(9,10)63-79)115-91(121-93)136(55-45-43-2)82-68-104(19,20)127-105(21,22)69-82/h78-86,123-131H,42-77H2,1-41H3. The first-order chi connectivity index (χ1) is 64.0. The summed E-state index contributed by atoms with van der Waals surface area (Å²) in [6.45, 7) is 95.9. The van der Waals surface area contributed by atoms with E-state index in [1.807, 2.05) is 0 Å². The van der Waals surface area contributed by atoms with Gasteiger partial charge >= 0.3 is 0 Å². The lowest BCUT2D eigenvalue weighted by Gasteiger charge is -2.51. The van der Waals surface area contributed by atoms with Crippen molar-refractivity contribution in [1.82, 2.24) is 92.7 Å². The normalized spacial score (nSPS) is 25.7. The summed E-state index contributed by atoms with van der Waals surface area (Å²) in [5, 5.41) is 36.5. The summed E-state index contributed by atoms with van der Waals surface area (Å²) in [7, 11) is 6.85. The molecule has 0 aromatic carbocycles. The highest BCUT2D eigenvalue weighted by Crippen LogP contribution is 2.46. The lowest BCUT2D eigenvalue weighted by Crippen LogP contribution is -2.63. The maximum atomic E-state index is 6.10. The fourth-order valence-electron chi connectivity index (χ4n) is 30.5. The molecule has 12 rings (SSSR count). The number of rotatable bonds is 38. The first kappa shape index (κ1) is 114. The predicted octanol–water partition coefficient (Wildman–Crippen LogP) is 20.3. The van der Waals surface area contributed by atoms with Gasteiger partial charge in [0.25, 0.3) is 0 Å². The largest absolute Gasteiger partial charge is 0.341 e. The molecule has 12 heterocycles. The van der Waals surface area contributed by atoms with E-state index in [1.165, 1.54) is 0 Å². The fourth-order valence-corrected chi connectivity index (χ4v) is 30.5. The summed E-state index contributed by atoms with van der Waals surface area (Å²) in [6, 6.07) is 1.83. The highest BCUT2D eigenvalue weighted by molar-refractivity contribution is 5.53. The van der Waals surface area contributed by atoms with Gasteiger partial charge in [-0.15, -0.1) is 0 Å². The van der Waals surface area contributed by atoms with E-state index in [0.717, 1.165) is 285 Å². The first-order valence-corrected chi connectivity index (χ1v) is 56.2. The topological polar surface area (TPSA) is 253 Å². The second kappa shape index (κ2) is 41.8. The minimum absolute atomic E-state index is 0.0663. The molecule has 0 aliphatic carbocycles. The predicted molar refractivity (Wildman–Crippen MR) is 594 cm³/mol. The summed E-state index contributed by atoms with van der Waals surface area (Å²) in [5.74, 6) is 7.30. The Morgan fingerprint density at radius 3 is 0.393 bits per heavy atom. The number of hydrogen-bond acceptors (Lipinski definition) is 27. The minimum atomic E-state index is -0.144. The number of unbranched alkanes of at least 4 members (excludes halogenated alkanes) is 8. The Kier molecular flexibility index (Phi) is 33.9. The molecule has 0 unspecified atom stereocenters. The SMILES string of the molecule is CCCCN(c1nc(N(C)C2CC(C)(C)NC(C)(C)C2)nc(N(CCCCCCN(c2nc(N(C)C3CC(C)(C)NC(C)(C)C3)nc(N(CCCCCCN(c3nc(N(C)C4CC(C)(C)NC(C)(C)C4)nc(N(CCCC)C4CC(C)(C)NC(C)(C)C4)n3)C3CC(C)(C)NC(C)(C)C3)C3CC(C)(C)NC(C)(C)C3)n2)C2CC(C)(C)NC(C)(C)C2)C2CC(C)(C)NC(C)(C)C2)n1)C1CC(C)(C)NC(C)(C)C1. The minimum Gasteiger partial charge on any atom is -0.341 e. The Morgan fingerprint density at radius 2 is 0.271 bits per heavy atom. The molecule has 9 aliphatic heterocycles. The molecule has 9 aliphatic rings. The van der Waals surface area contributed by atoms with Gasteiger partial charge in [0.2, 0.25) is 53.5 Å². The molecule has 0 amide bonds. The summed E-state index contributed by atoms with van der Waals surface area (Å²) in [5.41, 5.74) is -1.77. The Hall–Kier alpha value is -5.13. The van der Waals surface area contributed by atoms with Crippen molar-refractivity contribution in [2.45, 2.75) is 610 Å². The van der Waals surface area contributed by atoms with Gasteiger partial charge in [0.1, 0.15) is 0 Å². The van der Waals surface area contributed by atoms with Gasteiger partial charge in [0, 0.05) is 214 Å². The van der Waals surface area contributed by atoms with Crippen LogP contribution in [0.15, 0.2) is 0 Å². The van der Waals surface area contributed by atoms with Crippen LogP contribution >= 0.6 is 0 Å². The van der Waals surface area contributed by atoms with E-state index in [4.69, 9.17) is 44.9 Å². The molecule has 0 saturated carbocycles. The third-order valence-electron chi connectivity index (χ3n) is 32.7. The Bertz CT molecular complexity index is 4150. The van der Waals surface area contributed by atoms with Crippen molar-refractivity contribution in [3.63, 3.8) is 0 Å². The molecule has 3 aromatic rings. The van der Waals surface area contributed by atoms with Gasteiger partial charge in [-0.2, -0.15) is 44.9 Å². The van der Waals surface area contributed by atoms with E-state index in [0.29, 0.717) is 0 Å². The number of hydrogen-bond donors (Lipinski definition) is 9. The van der Waals surface area contributed by atoms with Crippen LogP contribution in [0.5, 0.6) is 0 Å². The number of anilines is 9. The molecule has 27 heteroatoms. The number of nitrogens with zero attached hydrogens (tertiary/aromatic N) is 18. The lowest BCUT2D eigenvalue weighted by atomic mass is 9.79. The van der Waals surface area contributed by atoms with Crippen molar-refractivity contribution in [3.05, 3.63) is 0 Å². The van der Waals surface area contributed by atoms with Crippen LogP contribution in [-0.2, 0) is 0 Å². The van der Waals surface area contributed by atoms with Gasteiger partial charge < -0.3 is 92.0 Å². The molecule has 9 N–H and O–H groups in total. The van der Waals surface area contributed by atoms with Crippen LogP contribution in [-0.4, -0.2) is 259 Å². The second-order valence-electron chi connectivity index (χ2n) is 58.8. The summed E-state index contributed by atoms with van der Waals surface area (Å²) < 4.78 is 0. The van der Waals surface area contributed by atoms with Crippen molar-refractivity contribution in [1.29, 1.82) is 0 Å². The highest BCUT2D eigenvalue weighted by atomic mass is 15.5. The zero-order valence-electron chi connectivity index (χ0n) is 97.7. The van der Waals surface area contributed by atoms with Gasteiger partial charge in [-0.3, -0.25) is 0 Å². The van der Waals surface area contributed by atoms with Crippen molar-refractivity contribution in [3.8, 4) is 0 Å². The average Bonchev–Trinajstić information content (AvgIpc) is 0.763. The fraction of sp³-hybridized carbons (Fsp3) is 0.920. The van der Waals surface area contributed by atoms with Crippen LogP contribution in [0.4, 0.5) is 53.5 Å². The quantitative estimate of drug-likeness (QED) is 0.0242. The Labute approximate surface area is 855 Å². The van der Waals surface area contributed by atoms with E-state index in [9.17, 15) is 0 Å². The van der Waals surface area contributed by atoms with Crippen LogP contribution in [0.3, 0.4) is 0 Å². The van der Waals surface area contributed by atoms with Gasteiger partial charge in [-0.1, -0.05) is 52.4 Å². The van der Waals surface area contributed by atoms with Crippen molar-refractivity contribution in [2.24, 2.45) is 0 Å². The summed E-state index contributed by atoms with van der Waals surface area (Å²) in [4.78, 5) is 76.3. The number of piperidine rings is 9. The van der Waals surface area contributed by atoms with Gasteiger partial charge in [0.05, 0.1) is 0 Å². The van der Waals surface area contributed by atoms with Gasteiger partial charge in [-0.05, 0) is 403 Å². The molecule has 9 saturated heterocycles. The monoisotopic (exact) mass is 1950 g/mol. The third-order valence-corrected chi connectivity index (χ3v) is 32.7. The molecular formula is C113H213N27. The maximum Gasteiger partial charge on any atom is 0.232 e. The van der Waals surface area contributed by atoms with Crippen LogP contribution in [0.2, 0.25) is 0 Å². The van der Waals surface area contributed by atoms with Gasteiger partial charge in [0.15, 0.2) is 0 Å². The van der Waals surface area contributed by atoms with E-state index in [2.05, 4.69) is 376 Å². The van der Waals surface area contributed by atoms with E-state index < -0.39 is 0 Å². The number of aromatic nitrogens is 9. The zero-order chi connectivity index (χ0) is 104. The average molecular weight is 1950 g/mol. The molecule has 0 atom stereocenters. The van der Waals surface area contributed by atoms with Crippen molar-refractivity contribution < 1.29 is 0 Å². The van der Waals surface area contributed by atoms with Crippen molar-refractivity contribution >= 4 is 53.5 Å². The molecular weight excluding hydrogens is 1740 g/mol. The third kappa shape index (κ3) is 31.0. The number of nitrogens with one attached hydrogen (secondary N) is 9. The maximum absolute atomic E-state index is 6.10. The van der Waals surface area contributed by atoms with Crippen LogP contribution < -0.4 is 92.0 Å². The van der Waals surface area contributed by atoms with Crippen LogP contribution in [0, 0.1) is 0 Å². The molecule has 3 aromatic heterocycles. The molecule has 27 nitrogen and oxygen atoms in total. The van der Waals surface area contributed by atoms with E-state index in [-0.39, 0.29) is 154 Å². The Morgan fingerprint density at radius 1 is 0.164 bits per heavy atom. The lowest BCUT2D eigenvalue weighted by molar-refractivity contribution is 0.155. The molecule has 0 radical (unpaired) electrons. The summed E-state index contributed by atoms with van der Waals surface area (Å²) >= 11 is 0. The molecule has 0 bridgehead atoms. The van der Waals surface area contributed by atoms with Crippen LogP contribution in [0.25, 0.3) is 0 Å². The second-order valence-corrected chi connectivity index (χ2v) is 58.8. The Balaban J connectivity index is 0.895. The molecule has 800 valence electrons. The van der Waals surface area contributed by atoms with E-state index >= 15 is 0 Å². The molecule has 0 spiro atoms. The van der Waals surface area contributed by atoms with Gasteiger partial charge in [-0.25, -0.2) is 0 Å². The summed E-state index contributed by atoms with van der Waals surface area (Å²) in [6.07, 6.45) is 30.1. The molecule has 9 fully saturated rings. The van der Waals surface area contributed by atoms with Crippen molar-refractivity contribution in [2.75, 3.05) is 105 Å². The highest BCUT2D eigenvalue weighted by Gasteiger charge is 2.52. The smallest absolute Gasteiger partial charge is 0.232 e. The zero-order valence-corrected chi connectivity index (χ0v) is 97.7. The first-order valence-electron chi connectivity index (χ1n) is 56.2. The van der Waals surface area contributed by atoms with Crippen LogP contribution in [0.1, 0.15) is 456 Å². The van der Waals surface area contributed by atoms with E-state index in [1.54, 1.807) is 0 Å². The molecule has 140 heavy (non-hydrogen) atoms.